The summed E-state index contributed by atoms with van der Waals surface area (Å²) < 4.78 is 0.896. The van der Waals surface area contributed by atoms with Crippen molar-refractivity contribution in [3.8, 4) is 0 Å². The lowest BCUT2D eigenvalue weighted by molar-refractivity contribution is -0.111. The molecule has 0 saturated heterocycles. The zero-order valence-electron chi connectivity index (χ0n) is 12.0. The minimum atomic E-state index is -0.154. The van der Waals surface area contributed by atoms with Crippen LogP contribution in [0.5, 0.6) is 0 Å². The highest BCUT2D eigenvalue weighted by Gasteiger charge is 2.02. The molecule has 2 aromatic carbocycles. The largest absolute Gasteiger partial charge is 0.323 e. The third-order valence-electron chi connectivity index (χ3n) is 2.89. The lowest BCUT2D eigenvalue weighted by Gasteiger charge is -2.03. The molecule has 0 fully saturated rings. The number of nitrogens with one attached hydrogen (secondary N) is 1. The molecule has 0 bridgehead atoms. The molecule has 1 N–H and O–H groups in total. The van der Waals surface area contributed by atoms with Gasteiger partial charge in [0.1, 0.15) is 5.51 Å². The quantitative estimate of drug-likeness (QED) is 0.703. The average molecular weight is 339 g/mol. The Kier molecular flexibility index (Phi) is 5.18. The lowest BCUT2D eigenvalue weighted by Crippen LogP contribution is -2.07. The molecule has 1 heterocycles. The Morgan fingerprint density at radius 1 is 1.09 bits per heavy atom. The number of benzene rings is 2. The molecule has 6 heteroatoms. The normalized spacial score (nSPS) is 10.8. The summed E-state index contributed by atoms with van der Waals surface area (Å²) in [6, 6.07) is 17.4. The molecule has 3 rings (SSSR count). The summed E-state index contributed by atoms with van der Waals surface area (Å²) in [5.74, 6) is -0.154. The van der Waals surface area contributed by atoms with E-state index in [2.05, 4.69) is 15.5 Å². The molecule has 0 atom stereocenters. The van der Waals surface area contributed by atoms with Crippen molar-refractivity contribution in [1.82, 2.24) is 10.2 Å². The van der Waals surface area contributed by atoms with Gasteiger partial charge in [0.25, 0.3) is 0 Å². The van der Waals surface area contributed by atoms with Gasteiger partial charge in [0.2, 0.25) is 5.91 Å². The minimum Gasteiger partial charge on any atom is -0.323 e. The SMILES string of the molecule is O=C(C=Cc1ccccc1)Nc1ccc(Sc2nncs2)cc1. The van der Waals surface area contributed by atoms with Crippen molar-refractivity contribution < 1.29 is 4.79 Å². The second-order valence-electron chi connectivity index (χ2n) is 4.56. The van der Waals surface area contributed by atoms with Gasteiger partial charge in [-0.15, -0.1) is 10.2 Å². The highest BCUT2D eigenvalue weighted by atomic mass is 32.2. The van der Waals surface area contributed by atoms with E-state index in [0.29, 0.717) is 0 Å². The first-order valence-electron chi connectivity index (χ1n) is 6.88. The molecule has 0 radical (unpaired) electrons. The van der Waals surface area contributed by atoms with Crippen LogP contribution in [0.25, 0.3) is 6.08 Å². The van der Waals surface area contributed by atoms with Crippen molar-refractivity contribution in [2.75, 3.05) is 5.32 Å². The maximum atomic E-state index is 11.9. The number of hydrogen-bond acceptors (Lipinski definition) is 5. The second kappa shape index (κ2) is 7.71. The zero-order valence-corrected chi connectivity index (χ0v) is 13.7. The molecule has 0 aliphatic carbocycles. The van der Waals surface area contributed by atoms with Crippen LogP contribution in [-0.2, 0) is 4.79 Å². The predicted molar refractivity (Wildman–Crippen MR) is 94.6 cm³/mol. The monoisotopic (exact) mass is 339 g/mol. The van der Waals surface area contributed by atoms with Gasteiger partial charge in [-0.3, -0.25) is 4.79 Å². The Labute approximate surface area is 142 Å². The Balaban J connectivity index is 1.57. The van der Waals surface area contributed by atoms with Crippen molar-refractivity contribution in [2.45, 2.75) is 9.24 Å². The summed E-state index contributed by atoms with van der Waals surface area (Å²) in [4.78, 5) is 13.0. The van der Waals surface area contributed by atoms with Gasteiger partial charge in [-0.25, -0.2) is 0 Å². The van der Waals surface area contributed by atoms with Gasteiger partial charge in [0.05, 0.1) is 0 Å². The number of anilines is 1. The molecule has 0 saturated carbocycles. The van der Waals surface area contributed by atoms with Crippen molar-refractivity contribution in [1.29, 1.82) is 0 Å². The molecule has 0 spiro atoms. The fourth-order valence-electron chi connectivity index (χ4n) is 1.83. The predicted octanol–water partition coefficient (Wildman–Crippen LogP) is 4.34. The highest BCUT2D eigenvalue weighted by Crippen LogP contribution is 2.29. The van der Waals surface area contributed by atoms with Gasteiger partial charge < -0.3 is 5.32 Å². The minimum absolute atomic E-state index is 0.154. The molecule has 1 aromatic heterocycles. The van der Waals surface area contributed by atoms with Gasteiger partial charge in [-0.05, 0) is 35.9 Å². The number of carbonyl (C=O) groups is 1. The van der Waals surface area contributed by atoms with Gasteiger partial charge in [-0.2, -0.15) is 0 Å². The van der Waals surface area contributed by atoms with Crippen LogP contribution in [0.1, 0.15) is 5.56 Å². The van der Waals surface area contributed by atoms with E-state index in [1.165, 1.54) is 17.4 Å². The fourth-order valence-corrected chi connectivity index (χ4v) is 3.29. The number of rotatable bonds is 5. The molecule has 0 aliphatic heterocycles. The van der Waals surface area contributed by atoms with Crippen LogP contribution in [0.15, 0.2) is 75.4 Å². The molecule has 23 heavy (non-hydrogen) atoms. The lowest BCUT2D eigenvalue weighted by atomic mass is 10.2. The third kappa shape index (κ3) is 4.77. The summed E-state index contributed by atoms with van der Waals surface area (Å²) >= 11 is 3.05. The molecule has 114 valence electrons. The van der Waals surface area contributed by atoms with Crippen molar-refractivity contribution in [3.63, 3.8) is 0 Å². The Hall–Kier alpha value is -2.44. The van der Waals surface area contributed by atoms with Crippen LogP contribution >= 0.6 is 23.1 Å². The average Bonchev–Trinajstić information content (AvgIpc) is 3.09. The van der Waals surface area contributed by atoms with E-state index in [-0.39, 0.29) is 5.91 Å². The first kappa shape index (κ1) is 15.5. The number of aromatic nitrogens is 2. The molecule has 3 aromatic rings. The van der Waals surface area contributed by atoms with Gasteiger partial charge in [0, 0.05) is 16.7 Å². The van der Waals surface area contributed by atoms with Gasteiger partial charge in [-0.1, -0.05) is 53.4 Å². The van der Waals surface area contributed by atoms with E-state index in [0.717, 1.165) is 20.5 Å². The zero-order chi connectivity index (χ0) is 15.9. The summed E-state index contributed by atoms with van der Waals surface area (Å²) in [6.45, 7) is 0. The summed E-state index contributed by atoms with van der Waals surface area (Å²) in [5, 5.41) is 10.6. The van der Waals surface area contributed by atoms with Crippen LogP contribution in [0.2, 0.25) is 0 Å². The summed E-state index contributed by atoms with van der Waals surface area (Å²) in [7, 11) is 0. The van der Waals surface area contributed by atoms with Gasteiger partial charge >= 0.3 is 0 Å². The molecular formula is C17H13N3OS2. The fraction of sp³-hybridized carbons (Fsp3) is 0. The van der Waals surface area contributed by atoms with Crippen LogP contribution in [0, 0.1) is 0 Å². The van der Waals surface area contributed by atoms with E-state index in [1.807, 2.05) is 54.6 Å². The van der Waals surface area contributed by atoms with Gasteiger partial charge in [0.15, 0.2) is 4.34 Å². The van der Waals surface area contributed by atoms with Crippen LogP contribution in [-0.4, -0.2) is 16.1 Å². The van der Waals surface area contributed by atoms with E-state index in [1.54, 1.807) is 23.3 Å². The van der Waals surface area contributed by atoms with E-state index in [9.17, 15) is 4.79 Å². The van der Waals surface area contributed by atoms with E-state index < -0.39 is 0 Å². The van der Waals surface area contributed by atoms with Crippen LogP contribution < -0.4 is 5.32 Å². The Morgan fingerprint density at radius 3 is 2.57 bits per heavy atom. The molecule has 0 unspecified atom stereocenters. The third-order valence-corrected chi connectivity index (χ3v) is 4.68. The van der Waals surface area contributed by atoms with E-state index in [4.69, 9.17) is 0 Å². The number of nitrogens with zero attached hydrogens (tertiary/aromatic N) is 2. The first-order chi connectivity index (χ1) is 11.3. The molecule has 4 nitrogen and oxygen atoms in total. The molecular weight excluding hydrogens is 326 g/mol. The second-order valence-corrected chi connectivity index (χ2v) is 6.72. The summed E-state index contributed by atoms with van der Waals surface area (Å²) in [5.41, 5.74) is 3.46. The topological polar surface area (TPSA) is 54.9 Å². The molecule has 1 amide bonds. The maximum Gasteiger partial charge on any atom is 0.248 e. The number of hydrogen-bond donors (Lipinski definition) is 1. The van der Waals surface area contributed by atoms with Crippen molar-refractivity contribution in [3.05, 3.63) is 71.7 Å². The molecule has 0 aliphatic rings. The van der Waals surface area contributed by atoms with Crippen molar-refractivity contribution >= 4 is 40.8 Å². The maximum absolute atomic E-state index is 11.9. The Bertz CT molecular complexity index is 784. The number of carbonyl (C=O) groups excluding carboxylic acids is 1. The number of amides is 1. The van der Waals surface area contributed by atoms with Crippen molar-refractivity contribution in [2.24, 2.45) is 0 Å². The highest BCUT2D eigenvalue weighted by molar-refractivity contribution is 8.01. The first-order valence-corrected chi connectivity index (χ1v) is 8.57. The Morgan fingerprint density at radius 2 is 1.87 bits per heavy atom. The summed E-state index contributed by atoms with van der Waals surface area (Å²) in [6.07, 6.45) is 3.31. The standard InChI is InChI=1S/C17H13N3OS2/c21-16(11-6-13-4-2-1-3-5-13)19-14-7-9-15(10-8-14)23-17-20-18-12-22-17/h1-12H,(H,19,21). The van der Waals surface area contributed by atoms with E-state index >= 15 is 0 Å². The van der Waals surface area contributed by atoms with Crippen LogP contribution in [0.3, 0.4) is 0 Å². The smallest absolute Gasteiger partial charge is 0.248 e. The van der Waals surface area contributed by atoms with Crippen LogP contribution in [0.4, 0.5) is 5.69 Å².